The monoisotopic (exact) mass is 292 g/mol. The molecule has 1 aromatic carbocycles. The van der Waals surface area contributed by atoms with E-state index in [1.807, 2.05) is 13.0 Å². The first-order valence-corrected chi connectivity index (χ1v) is 7.13. The van der Waals surface area contributed by atoms with Crippen molar-refractivity contribution in [2.24, 2.45) is 0 Å². The van der Waals surface area contributed by atoms with Crippen molar-refractivity contribution in [3.8, 4) is 11.5 Å². The van der Waals surface area contributed by atoms with Crippen molar-refractivity contribution in [2.75, 3.05) is 0 Å². The number of phenols is 2. The molecule has 21 heavy (non-hydrogen) atoms. The molecule has 0 fully saturated rings. The molecule has 0 bridgehead atoms. The molecule has 0 heterocycles. The van der Waals surface area contributed by atoms with Crippen molar-refractivity contribution in [3.63, 3.8) is 0 Å². The highest BCUT2D eigenvalue weighted by Crippen LogP contribution is 2.37. The predicted molar refractivity (Wildman–Crippen MR) is 82.9 cm³/mol. The highest BCUT2D eigenvalue weighted by molar-refractivity contribution is 5.66. The minimum Gasteiger partial charge on any atom is -0.507 e. The maximum absolute atomic E-state index is 10.5. The summed E-state index contributed by atoms with van der Waals surface area (Å²) in [4.78, 5) is 10.5. The zero-order valence-corrected chi connectivity index (χ0v) is 13.2. The third-order valence-electron chi connectivity index (χ3n) is 3.99. The van der Waals surface area contributed by atoms with Crippen LogP contribution >= 0.6 is 0 Å². The maximum atomic E-state index is 10.5. The van der Waals surface area contributed by atoms with Gasteiger partial charge in [-0.25, -0.2) is 0 Å². The number of hydrogen-bond acceptors (Lipinski definition) is 3. The van der Waals surface area contributed by atoms with Gasteiger partial charge in [0.05, 0.1) is 0 Å². The summed E-state index contributed by atoms with van der Waals surface area (Å²) in [7, 11) is 0. The fourth-order valence-corrected chi connectivity index (χ4v) is 2.36. The minimum absolute atomic E-state index is 0.131. The summed E-state index contributed by atoms with van der Waals surface area (Å²) in [5.74, 6) is -0.305. The molecule has 0 saturated heterocycles. The number of phenolic OH excluding ortho intramolecular Hbond substituents is 2. The number of rotatable bonds is 6. The Morgan fingerprint density at radius 2 is 1.57 bits per heavy atom. The molecule has 0 aliphatic heterocycles. The first kappa shape index (κ1) is 17.1. The molecule has 0 spiro atoms. The number of aromatic hydroxyl groups is 2. The standard InChI is InChI=1S/C17H24O4/c1-10(6-5-7-15(18)19)8-9-14-13(4)16(20)11(2)12(3)17(14)21/h6,20-21H,5,7-9H2,1-4H3,(H,18,19)/b10-6+. The van der Waals surface area contributed by atoms with Gasteiger partial charge >= 0.3 is 5.97 Å². The molecule has 0 saturated carbocycles. The Hall–Kier alpha value is -1.97. The zero-order chi connectivity index (χ0) is 16.2. The second-order valence-electron chi connectivity index (χ2n) is 5.53. The van der Waals surface area contributed by atoms with Gasteiger partial charge in [0, 0.05) is 12.0 Å². The summed E-state index contributed by atoms with van der Waals surface area (Å²) in [5.41, 5.74) is 3.99. The van der Waals surface area contributed by atoms with Gasteiger partial charge < -0.3 is 15.3 Å². The van der Waals surface area contributed by atoms with Gasteiger partial charge in [-0.05, 0) is 63.6 Å². The molecule has 0 unspecified atom stereocenters. The van der Waals surface area contributed by atoms with Gasteiger partial charge in [-0.2, -0.15) is 0 Å². The van der Waals surface area contributed by atoms with Crippen LogP contribution in [0.2, 0.25) is 0 Å². The van der Waals surface area contributed by atoms with Crippen molar-refractivity contribution in [1.82, 2.24) is 0 Å². The first-order valence-electron chi connectivity index (χ1n) is 7.13. The highest BCUT2D eigenvalue weighted by Gasteiger charge is 2.15. The van der Waals surface area contributed by atoms with Gasteiger partial charge in [-0.1, -0.05) is 11.6 Å². The maximum Gasteiger partial charge on any atom is 0.303 e. The Morgan fingerprint density at radius 1 is 1.00 bits per heavy atom. The average Bonchev–Trinajstić information content (AvgIpc) is 2.42. The summed E-state index contributed by atoms with van der Waals surface area (Å²) in [6.07, 6.45) is 3.93. The van der Waals surface area contributed by atoms with Crippen LogP contribution in [0, 0.1) is 20.8 Å². The molecule has 0 radical (unpaired) electrons. The van der Waals surface area contributed by atoms with Crippen LogP contribution in [0.1, 0.15) is 48.4 Å². The summed E-state index contributed by atoms with van der Waals surface area (Å²) in [6.45, 7) is 7.34. The van der Waals surface area contributed by atoms with Crippen LogP contribution in [0.4, 0.5) is 0 Å². The summed E-state index contributed by atoms with van der Waals surface area (Å²) >= 11 is 0. The van der Waals surface area contributed by atoms with Crippen LogP contribution in [0.15, 0.2) is 11.6 Å². The molecule has 116 valence electrons. The van der Waals surface area contributed by atoms with Gasteiger partial charge in [-0.3, -0.25) is 4.79 Å². The second-order valence-corrected chi connectivity index (χ2v) is 5.53. The van der Waals surface area contributed by atoms with Crippen LogP contribution in [0.5, 0.6) is 11.5 Å². The van der Waals surface area contributed by atoms with E-state index in [0.29, 0.717) is 29.5 Å². The number of allylic oxidation sites excluding steroid dienone is 2. The lowest BCUT2D eigenvalue weighted by atomic mass is 9.93. The average molecular weight is 292 g/mol. The van der Waals surface area contributed by atoms with Crippen molar-refractivity contribution in [3.05, 3.63) is 33.9 Å². The topological polar surface area (TPSA) is 77.8 Å². The van der Waals surface area contributed by atoms with E-state index in [9.17, 15) is 15.0 Å². The number of carbonyl (C=O) groups is 1. The van der Waals surface area contributed by atoms with Crippen LogP contribution in [-0.4, -0.2) is 21.3 Å². The summed E-state index contributed by atoms with van der Waals surface area (Å²) < 4.78 is 0. The molecule has 0 amide bonds. The van der Waals surface area contributed by atoms with E-state index in [0.717, 1.165) is 17.6 Å². The molecule has 3 N–H and O–H groups in total. The Morgan fingerprint density at radius 3 is 2.14 bits per heavy atom. The minimum atomic E-state index is -0.799. The van der Waals surface area contributed by atoms with E-state index >= 15 is 0 Å². The quantitative estimate of drug-likeness (QED) is 0.551. The first-order chi connectivity index (χ1) is 9.75. The van der Waals surface area contributed by atoms with Crippen LogP contribution in [0.25, 0.3) is 0 Å². The smallest absolute Gasteiger partial charge is 0.303 e. The Kier molecular flexibility index (Phi) is 5.82. The van der Waals surface area contributed by atoms with E-state index in [2.05, 4.69) is 0 Å². The van der Waals surface area contributed by atoms with Gasteiger partial charge in [0.2, 0.25) is 0 Å². The second kappa shape index (κ2) is 7.16. The van der Waals surface area contributed by atoms with E-state index in [1.54, 1.807) is 20.8 Å². The summed E-state index contributed by atoms with van der Waals surface area (Å²) in [6, 6.07) is 0. The molecule has 4 nitrogen and oxygen atoms in total. The van der Waals surface area contributed by atoms with Crippen LogP contribution in [0.3, 0.4) is 0 Å². The number of aliphatic carboxylic acids is 1. The lowest BCUT2D eigenvalue weighted by Crippen LogP contribution is -1.98. The van der Waals surface area contributed by atoms with Crippen molar-refractivity contribution >= 4 is 5.97 Å². The molecule has 1 aromatic rings. The van der Waals surface area contributed by atoms with Crippen molar-refractivity contribution in [2.45, 2.75) is 53.4 Å². The Labute approximate surface area is 125 Å². The predicted octanol–water partition coefficient (Wildman–Crippen LogP) is 3.77. The lowest BCUT2D eigenvalue weighted by molar-refractivity contribution is -0.136. The van der Waals surface area contributed by atoms with Gasteiger partial charge in [0.1, 0.15) is 11.5 Å². The largest absolute Gasteiger partial charge is 0.507 e. The number of carboxylic acid groups (broad SMARTS) is 1. The Balaban J connectivity index is 2.83. The number of carboxylic acids is 1. The van der Waals surface area contributed by atoms with Gasteiger partial charge in [0.15, 0.2) is 0 Å². The van der Waals surface area contributed by atoms with Crippen LogP contribution < -0.4 is 0 Å². The SMILES string of the molecule is C/C(=C\CCC(=O)O)CCc1c(C)c(O)c(C)c(C)c1O. The molecule has 1 rings (SSSR count). The third-order valence-corrected chi connectivity index (χ3v) is 3.99. The van der Waals surface area contributed by atoms with E-state index in [4.69, 9.17) is 5.11 Å². The normalized spacial score (nSPS) is 11.7. The van der Waals surface area contributed by atoms with Crippen molar-refractivity contribution in [1.29, 1.82) is 0 Å². The third kappa shape index (κ3) is 4.25. The molecule has 0 aromatic heterocycles. The molecular formula is C17H24O4. The molecule has 0 aliphatic rings. The van der Waals surface area contributed by atoms with Crippen LogP contribution in [-0.2, 0) is 11.2 Å². The number of benzene rings is 1. The van der Waals surface area contributed by atoms with E-state index in [1.165, 1.54) is 0 Å². The van der Waals surface area contributed by atoms with Gasteiger partial charge in [-0.15, -0.1) is 0 Å². The molecule has 4 heteroatoms. The summed E-state index contributed by atoms with van der Waals surface area (Å²) in [5, 5.41) is 28.9. The number of hydrogen-bond donors (Lipinski definition) is 3. The van der Waals surface area contributed by atoms with E-state index in [-0.39, 0.29) is 17.9 Å². The fourth-order valence-electron chi connectivity index (χ4n) is 2.36. The van der Waals surface area contributed by atoms with Gasteiger partial charge in [0.25, 0.3) is 0 Å². The van der Waals surface area contributed by atoms with E-state index < -0.39 is 5.97 Å². The fraction of sp³-hybridized carbons (Fsp3) is 0.471. The molecule has 0 aliphatic carbocycles. The highest BCUT2D eigenvalue weighted by atomic mass is 16.4. The molecule has 0 atom stereocenters. The Bertz CT molecular complexity index is 542. The zero-order valence-electron chi connectivity index (χ0n) is 13.2. The lowest BCUT2D eigenvalue weighted by Gasteiger charge is -2.16. The molecular weight excluding hydrogens is 268 g/mol. The van der Waals surface area contributed by atoms with Crippen molar-refractivity contribution < 1.29 is 20.1 Å².